The summed E-state index contributed by atoms with van der Waals surface area (Å²) < 4.78 is 6.37. The van der Waals surface area contributed by atoms with Gasteiger partial charge in [-0.2, -0.15) is 0 Å². The van der Waals surface area contributed by atoms with Gasteiger partial charge in [-0.05, 0) is 82.2 Å². The van der Waals surface area contributed by atoms with Crippen molar-refractivity contribution in [3.63, 3.8) is 0 Å². The predicted octanol–water partition coefficient (Wildman–Crippen LogP) is 5.57. The predicted molar refractivity (Wildman–Crippen MR) is 123 cm³/mol. The van der Waals surface area contributed by atoms with E-state index >= 15 is 0 Å². The molecule has 156 valence electrons. The average molecular weight is 510 g/mol. The normalized spacial score (nSPS) is 15.0. The van der Waals surface area contributed by atoms with E-state index in [0.717, 1.165) is 33.1 Å². The summed E-state index contributed by atoms with van der Waals surface area (Å²) in [6.07, 6.45) is 2.52. The molecule has 2 aromatic carbocycles. The van der Waals surface area contributed by atoms with Crippen LogP contribution in [0.4, 0.5) is 10.5 Å². The number of carbonyl (C=O) groups is 3. The van der Waals surface area contributed by atoms with Gasteiger partial charge in [-0.3, -0.25) is 19.3 Å². The maximum atomic E-state index is 12.6. The first-order valence-corrected chi connectivity index (χ1v) is 11.1. The Labute approximate surface area is 191 Å². The van der Waals surface area contributed by atoms with Crippen LogP contribution in [-0.4, -0.2) is 35.1 Å². The van der Waals surface area contributed by atoms with E-state index in [4.69, 9.17) is 16.3 Å². The molecule has 30 heavy (non-hydrogen) atoms. The molecule has 1 fully saturated rings. The van der Waals surface area contributed by atoms with Crippen molar-refractivity contribution in [1.82, 2.24) is 4.90 Å². The van der Waals surface area contributed by atoms with Crippen LogP contribution in [0.25, 0.3) is 6.08 Å². The van der Waals surface area contributed by atoms with Gasteiger partial charge in [-0.15, -0.1) is 0 Å². The molecule has 0 aromatic heterocycles. The molecule has 1 N–H and O–H groups in total. The average Bonchev–Trinajstić information content (AvgIpc) is 2.96. The molecule has 3 amide bonds. The number of benzene rings is 2. The molecule has 3 rings (SSSR count). The lowest BCUT2D eigenvalue weighted by molar-refractivity contribution is -0.127. The molecule has 1 aliphatic rings. The zero-order chi connectivity index (χ0) is 21.7. The number of thioether (sulfide) groups is 1. The number of anilines is 1. The van der Waals surface area contributed by atoms with Crippen molar-refractivity contribution in [2.75, 3.05) is 18.5 Å². The summed E-state index contributed by atoms with van der Waals surface area (Å²) in [6, 6.07) is 12.0. The molecule has 0 atom stereocenters. The molecular weight excluding hydrogens is 492 g/mol. The van der Waals surface area contributed by atoms with Crippen LogP contribution >= 0.6 is 39.3 Å². The number of imide groups is 1. The minimum atomic E-state index is -0.501. The molecule has 1 heterocycles. The molecule has 1 aliphatic heterocycles. The Kier molecular flexibility index (Phi) is 7.58. The number of ether oxygens (including phenoxy) is 1. The van der Waals surface area contributed by atoms with Gasteiger partial charge >= 0.3 is 0 Å². The van der Waals surface area contributed by atoms with Crippen LogP contribution < -0.4 is 10.1 Å². The van der Waals surface area contributed by atoms with Gasteiger partial charge in [0.1, 0.15) is 12.3 Å². The third kappa shape index (κ3) is 5.65. The van der Waals surface area contributed by atoms with Crippen molar-refractivity contribution in [3.8, 4) is 5.75 Å². The van der Waals surface area contributed by atoms with Gasteiger partial charge in [0.05, 0.1) is 16.0 Å². The van der Waals surface area contributed by atoms with Gasteiger partial charge in [-0.1, -0.05) is 24.6 Å². The zero-order valence-electron chi connectivity index (χ0n) is 16.0. The fourth-order valence-corrected chi connectivity index (χ4v) is 4.08. The molecule has 0 radical (unpaired) electrons. The molecule has 0 saturated carbocycles. The van der Waals surface area contributed by atoms with Crippen LogP contribution in [0.3, 0.4) is 0 Å². The first kappa shape index (κ1) is 22.4. The summed E-state index contributed by atoms with van der Waals surface area (Å²) in [5.41, 5.74) is 1.27. The van der Waals surface area contributed by atoms with Gasteiger partial charge in [0.15, 0.2) is 0 Å². The molecule has 0 aliphatic carbocycles. The number of carbonyl (C=O) groups excluding carboxylic acids is 3. The monoisotopic (exact) mass is 508 g/mol. The first-order valence-electron chi connectivity index (χ1n) is 9.10. The minimum Gasteiger partial charge on any atom is -0.492 e. The molecule has 0 spiro atoms. The Morgan fingerprint density at radius 3 is 2.63 bits per heavy atom. The lowest BCUT2D eigenvalue weighted by Crippen LogP contribution is -2.36. The number of nitrogens with zero attached hydrogens (tertiary/aromatic N) is 1. The summed E-state index contributed by atoms with van der Waals surface area (Å²) >= 11 is 10.1. The SMILES string of the molecule is CCCOc1ccc(/C=C2\SC(=O)N(CC(=O)Nc3ccc(Cl)cc3)C2=O)cc1Br. The second-order valence-electron chi connectivity index (χ2n) is 6.36. The Balaban J connectivity index is 1.67. The first-order chi connectivity index (χ1) is 14.4. The molecule has 2 aromatic rings. The van der Waals surface area contributed by atoms with Gasteiger partial charge in [-0.25, -0.2) is 0 Å². The van der Waals surface area contributed by atoms with Crippen molar-refractivity contribution in [2.24, 2.45) is 0 Å². The van der Waals surface area contributed by atoms with E-state index in [1.54, 1.807) is 42.5 Å². The van der Waals surface area contributed by atoms with E-state index in [0.29, 0.717) is 23.1 Å². The van der Waals surface area contributed by atoms with E-state index in [2.05, 4.69) is 21.2 Å². The van der Waals surface area contributed by atoms with Crippen LogP contribution in [0, 0.1) is 0 Å². The molecular formula is C21H18BrClN2O4S. The molecule has 6 nitrogen and oxygen atoms in total. The Bertz CT molecular complexity index is 1010. The smallest absolute Gasteiger partial charge is 0.294 e. The standard InChI is InChI=1S/C21H18BrClN2O4S/c1-2-9-29-17-8-3-13(10-16(17)22)11-18-20(27)25(21(28)30-18)12-19(26)24-15-6-4-14(23)5-7-15/h3-8,10-11H,2,9,12H2,1H3,(H,24,26)/b18-11-. The maximum Gasteiger partial charge on any atom is 0.294 e. The van der Waals surface area contributed by atoms with Crippen LogP contribution in [-0.2, 0) is 9.59 Å². The van der Waals surface area contributed by atoms with Crippen molar-refractivity contribution in [1.29, 1.82) is 0 Å². The second-order valence-corrected chi connectivity index (χ2v) is 8.65. The molecule has 9 heteroatoms. The van der Waals surface area contributed by atoms with Crippen LogP contribution in [0.1, 0.15) is 18.9 Å². The quantitative estimate of drug-likeness (QED) is 0.494. The van der Waals surface area contributed by atoms with Crippen molar-refractivity contribution in [2.45, 2.75) is 13.3 Å². The number of hydrogen-bond acceptors (Lipinski definition) is 5. The van der Waals surface area contributed by atoms with Crippen LogP contribution in [0.5, 0.6) is 5.75 Å². The van der Waals surface area contributed by atoms with E-state index in [-0.39, 0.29) is 11.4 Å². The van der Waals surface area contributed by atoms with E-state index in [1.165, 1.54) is 0 Å². The highest BCUT2D eigenvalue weighted by atomic mass is 79.9. The van der Waals surface area contributed by atoms with Crippen molar-refractivity contribution < 1.29 is 19.1 Å². The third-order valence-electron chi connectivity index (χ3n) is 4.02. The third-order valence-corrected chi connectivity index (χ3v) is 5.80. The summed E-state index contributed by atoms with van der Waals surface area (Å²) in [4.78, 5) is 38.3. The Morgan fingerprint density at radius 2 is 1.97 bits per heavy atom. The number of nitrogens with one attached hydrogen (secondary N) is 1. The second kappa shape index (κ2) is 10.1. The number of rotatable bonds is 7. The van der Waals surface area contributed by atoms with Gasteiger partial charge in [0, 0.05) is 10.7 Å². The van der Waals surface area contributed by atoms with Crippen LogP contribution in [0.15, 0.2) is 51.8 Å². The molecule has 0 unspecified atom stereocenters. The fraction of sp³-hybridized carbons (Fsp3) is 0.190. The topological polar surface area (TPSA) is 75.7 Å². The van der Waals surface area contributed by atoms with Gasteiger partial charge < -0.3 is 10.1 Å². The van der Waals surface area contributed by atoms with E-state index in [9.17, 15) is 14.4 Å². The summed E-state index contributed by atoms with van der Waals surface area (Å²) in [6.45, 7) is 2.27. The lowest BCUT2D eigenvalue weighted by atomic mass is 10.2. The van der Waals surface area contributed by atoms with Crippen molar-refractivity contribution >= 4 is 68.1 Å². The minimum absolute atomic E-state index is 0.258. The van der Waals surface area contributed by atoms with Gasteiger partial charge in [0.25, 0.3) is 11.1 Å². The highest BCUT2D eigenvalue weighted by molar-refractivity contribution is 9.10. The summed E-state index contributed by atoms with van der Waals surface area (Å²) in [5.74, 6) is -0.263. The summed E-state index contributed by atoms with van der Waals surface area (Å²) in [5, 5.41) is 2.70. The van der Waals surface area contributed by atoms with E-state index in [1.807, 2.05) is 13.0 Å². The zero-order valence-corrected chi connectivity index (χ0v) is 19.1. The largest absolute Gasteiger partial charge is 0.492 e. The highest BCUT2D eigenvalue weighted by Crippen LogP contribution is 2.34. The maximum absolute atomic E-state index is 12.6. The molecule has 0 bridgehead atoms. The van der Waals surface area contributed by atoms with Crippen LogP contribution in [0.2, 0.25) is 5.02 Å². The van der Waals surface area contributed by atoms with E-state index < -0.39 is 17.1 Å². The van der Waals surface area contributed by atoms with Crippen molar-refractivity contribution in [3.05, 3.63) is 62.4 Å². The molecule has 1 saturated heterocycles. The number of hydrogen-bond donors (Lipinski definition) is 1. The lowest BCUT2D eigenvalue weighted by Gasteiger charge is -2.12. The number of halogens is 2. The Morgan fingerprint density at radius 1 is 1.23 bits per heavy atom. The Hall–Kier alpha value is -2.29. The summed E-state index contributed by atoms with van der Waals surface area (Å²) in [7, 11) is 0. The van der Waals surface area contributed by atoms with Gasteiger partial charge in [0.2, 0.25) is 5.91 Å². The fourth-order valence-electron chi connectivity index (χ4n) is 2.60. The number of amides is 3. The highest BCUT2D eigenvalue weighted by Gasteiger charge is 2.36.